The lowest BCUT2D eigenvalue weighted by atomic mass is 10.3. The van der Waals surface area contributed by atoms with E-state index >= 15 is 0 Å². The van der Waals surface area contributed by atoms with Gasteiger partial charge < -0.3 is 11.1 Å². The predicted molar refractivity (Wildman–Crippen MR) is 80.1 cm³/mol. The molecule has 19 heavy (non-hydrogen) atoms. The molecule has 0 fully saturated rings. The van der Waals surface area contributed by atoms with Crippen LogP contribution in [0.4, 0.5) is 11.4 Å². The van der Waals surface area contributed by atoms with Crippen LogP contribution < -0.4 is 11.1 Å². The molecule has 0 spiro atoms. The molecule has 1 amide bonds. The van der Waals surface area contributed by atoms with Crippen LogP contribution in [0.25, 0.3) is 0 Å². The number of nitrogens with one attached hydrogen (secondary N) is 1. The number of carbonyl (C=O) groups is 1. The molecule has 0 radical (unpaired) electrons. The average molecular weight is 335 g/mol. The first-order valence-corrected chi connectivity index (χ1v) is 7.61. The minimum absolute atomic E-state index is 0.201. The Hall–Kier alpha value is -1.02. The van der Waals surface area contributed by atoms with Crippen molar-refractivity contribution in [3.8, 4) is 0 Å². The van der Waals surface area contributed by atoms with E-state index in [-0.39, 0.29) is 11.7 Å². The zero-order valence-corrected chi connectivity index (χ0v) is 12.5. The third-order valence-corrected chi connectivity index (χ3v) is 4.45. The number of halogens is 2. The lowest BCUT2D eigenvalue weighted by Gasteiger charge is -2.09. The monoisotopic (exact) mass is 334 g/mol. The minimum Gasteiger partial charge on any atom is -0.399 e. The Labute approximate surface area is 127 Å². The summed E-state index contributed by atoms with van der Waals surface area (Å²) in [7, 11) is 0. The Morgan fingerprint density at radius 2 is 2.11 bits per heavy atom. The van der Waals surface area contributed by atoms with Crippen LogP contribution >= 0.6 is 46.3 Å². The van der Waals surface area contributed by atoms with Gasteiger partial charge in [0.25, 0.3) is 0 Å². The molecule has 2 aromatic rings. The van der Waals surface area contributed by atoms with E-state index in [4.69, 9.17) is 28.9 Å². The summed E-state index contributed by atoms with van der Waals surface area (Å²) in [5.41, 5.74) is 7.99. The van der Waals surface area contributed by atoms with Crippen molar-refractivity contribution in [2.24, 2.45) is 0 Å². The number of hydrogen-bond donors (Lipinski definition) is 2. The number of thioether (sulfide) groups is 1. The fourth-order valence-corrected chi connectivity index (χ4v) is 3.13. The van der Waals surface area contributed by atoms with Gasteiger partial charge in [0.15, 0.2) is 4.34 Å². The third kappa shape index (κ3) is 3.97. The maximum Gasteiger partial charge on any atom is 0.234 e. The highest BCUT2D eigenvalue weighted by molar-refractivity contribution is 8.01. The van der Waals surface area contributed by atoms with Crippen LogP contribution in [-0.2, 0) is 4.79 Å². The fraction of sp³-hybridized carbons (Fsp3) is 0.100. The van der Waals surface area contributed by atoms with E-state index in [1.807, 2.05) is 0 Å². The number of nitrogens with zero attached hydrogens (tertiary/aromatic N) is 2. The van der Waals surface area contributed by atoms with Gasteiger partial charge in [-0.05, 0) is 12.1 Å². The zero-order chi connectivity index (χ0) is 13.8. The van der Waals surface area contributed by atoms with Crippen LogP contribution in [0.15, 0.2) is 22.0 Å². The summed E-state index contributed by atoms with van der Waals surface area (Å²) < 4.78 is 0.727. The van der Waals surface area contributed by atoms with Gasteiger partial charge in [0, 0.05) is 5.69 Å². The van der Waals surface area contributed by atoms with Crippen LogP contribution in [-0.4, -0.2) is 21.9 Å². The van der Waals surface area contributed by atoms with E-state index in [9.17, 15) is 4.79 Å². The van der Waals surface area contributed by atoms with Crippen molar-refractivity contribution in [1.82, 2.24) is 10.2 Å². The number of nitrogen functional groups attached to an aromatic ring is 1. The van der Waals surface area contributed by atoms with Crippen LogP contribution in [0.2, 0.25) is 10.0 Å². The van der Waals surface area contributed by atoms with Crippen molar-refractivity contribution in [2.75, 3.05) is 16.8 Å². The van der Waals surface area contributed by atoms with Crippen LogP contribution in [0, 0.1) is 0 Å². The second kappa shape index (κ2) is 6.42. The SMILES string of the molecule is Nc1cc(Cl)c(NC(=O)CSc2nncs2)c(Cl)c1. The molecule has 5 nitrogen and oxygen atoms in total. The van der Waals surface area contributed by atoms with E-state index < -0.39 is 0 Å². The maximum absolute atomic E-state index is 11.8. The molecule has 1 aromatic heterocycles. The van der Waals surface area contributed by atoms with Crippen molar-refractivity contribution >= 4 is 63.6 Å². The lowest BCUT2D eigenvalue weighted by molar-refractivity contribution is -0.113. The number of amides is 1. The Balaban J connectivity index is 1.99. The van der Waals surface area contributed by atoms with Gasteiger partial charge in [0.1, 0.15) is 5.51 Å². The zero-order valence-electron chi connectivity index (χ0n) is 9.39. The molecule has 0 aliphatic carbocycles. The number of nitrogens with two attached hydrogens (primary N) is 1. The van der Waals surface area contributed by atoms with Crippen LogP contribution in [0.3, 0.4) is 0 Å². The molecule has 0 aliphatic rings. The highest BCUT2D eigenvalue weighted by atomic mass is 35.5. The molecule has 9 heteroatoms. The van der Waals surface area contributed by atoms with E-state index in [1.165, 1.54) is 35.2 Å². The number of benzene rings is 1. The molecule has 2 rings (SSSR count). The Morgan fingerprint density at radius 1 is 1.42 bits per heavy atom. The van der Waals surface area contributed by atoms with Crippen molar-refractivity contribution in [2.45, 2.75) is 4.34 Å². The Kier molecular flexibility index (Phi) is 4.87. The van der Waals surface area contributed by atoms with E-state index in [0.717, 1.165) is 4.34 Å². The van der Waals surface area contributed by atoms with Gasteiger partial charge in [-0.25, -0.2) is 0 Å². The van der Waals surface area contributed by atoms with Crippen molar-refractivity contribution in [1.29, 1.82) is 0 Å². The summed E-state index contributed by atoms with van der Waals surface area (Å²) in [5, 5.41) is 10.8. The fourth-order valence-electron chi connectivity index (χ4n) is 1.24. The van der Waals surface area contributed by atoms with Gasteiger partial charge in [-0.3, -0.25) is 4.79 Å². The Morgan fingerprint density at radius 3 is 2.68 bits per heavy atom. The smallest absolute Gasteiger partial charge is 0.234 e. The number of anilines is 2. The van der Waals surface area contributed by atoms with E-state index in [0.29, 0.717) is 21.4 Å². The number of rotatable bonds is 4. The van der Waals surface area contributed by atoms with E-state index in [1.54, 1.807) is 5.51 Å². The summed E-state index contributed by atoms with van der Waals surface area (Å²) >= 11 is 14.6. The molecular weight excluding hydrogens is 327 g/mol. The molecule has 0 aliphatic heterocycles. The van der Waals surface area contributed by atoms with Crippen LogP contribution in [0.5, 0.6) is 0 Å². The predicted octanol–water partition coefficient (Wildman–Crippen LogP) is 3.16. The molecule has 100 valence electrons. The third-order valence-electron chi connectivity index (χ3n) is 2.00. The summed E-state index contributed by atoms with van der Waals surface area (Å²) in [4.78, 5) is 11.8. The molecule has 0 atom stereocenters. The summed E-state index contributed by atoms with van der Waals surface area (Å²) in [6, 6.07) is 3.06. The topological polar surface area (TPSA) is 80.9 Å². The molecule has 0 saturated carbocycles. The van der Waals surface area contributed by atoms with Gasteiger partial charge in [-0.15, -0.1) is 10.2 Å². The van der Waals surface area contributed by atoms with Crippen molar-refractivity contribution in [3.63, 3.8) is 0 Å². The molecule has 0 bridgehead atoms. The summed E-state index contributed by atoms with van der Waals surface area (Å²) in [6.07, 6.45) is 0. The van der Waals surface area contributed by atoms with E-state index in [2.05, 4.69) is 15.5 Å². The summed E-state index contributed by atoms with van der Waals surface area (Å²) in [6.45, 7) is 0. The quantitative estimate of drug-likeness (QED) is 0.663. The van der Waals surface area contributed by atoms with Gasteiger partial charge in [-0.1, -0.05) is 46.3 Å². The minimum atomic E-state index is -0.228. The maximum atomic E-state index is 11.8. The first-order chi connectivity index (χ1) is 9.06. The van der Waals surface area contributed by atoms with Gasteiger partial charge in [0.05, 0.1) is 21.5 Å². The largest absolute Gasteiger partial charge is 0.399 e. The van der Waals surface area contributed by atoms with Gasteiger partial charge >= 0.3 is 0 Å². The second-order valence-electron chi connectivity index (χ2n) is 3.40. The molecular formula is C10H8Cl2N4OS2. The highest BCUT2D eigenvalue weighted by Crippen LogP contribution is 2.33. The molecule has 1 aromatic carbocycles. The second-order valence-corrected chi connectivity index (χ2v) is 6.27. The van der Waals surface area contributed by atoms with Gasteiger partial charge in [-0.2, -0.15) is 0 Å². The molecule has 1 heterocycles. The average Bonchev–Trinajstić information content (AvgIpc) is 2.84. The highest BCUT2D eigenvalue weighted by Gasteiger charge is 2.12. The number of carbonyl (C=O) groups excluding carboxylic acids is 1. The normalized spacial score (nSPS) is 10.4. The van der Waals surface area contributed by atoms with Crippen LogP contribution in [0.1, 0.15) is 0 Å². The Bertz CT molecular complexity index is 568. The standard InChI is InChI=1S/C10H8Cl2N4OS2/c11-6-1-5(13)2-7(12)9(6)15-8(17)3-18-10-16-14-4-19-10/h1-2,4H,3,13H2,(H,15,17). The molecule has 3 N–H and O–H groups in total. The van der Waals surface area contributed by atoms with Crippen molar-refractivity contribution in [3.05, 3.63) is 27.7 Å². The van der Waals surface area contributed by atoms with Gasteiger partial charge in [0.2, 0.25) is 5.91 Å². The first kappa shape index (κ1) is 14.4. The summed E-state index contributed by atoms with van der Waals surface area (Å²) in [5.74, 6) is -0.0274. The first-order valence-electron chi connectivity index (χ1n) is 4.99. The molecule has 0 saturated heterocycles. The lowest BCUT2D eigenvalue weighted by Crippen LogP contribution is -2.14. The molecule has 0 unspecified atom stereocenters. The van der Waals surface area contributed by atoms with Crippen molar-refractivity contribution < 1.29 is 4.79 Å². The number of hydrogen-bond acceptors (Lipinski definition) is 6. The number of aromatic nitrogens is 2.